The van der Waals surface area contributed by atoms with Crippen LogP contribution in [0.15, 0.2) is 36.7 Å². The normalized spacial score (nSPS) is 16.9. The minimum atomic E-state index is -0.315. The number of aromatic nitrogens is 1. The molecular weight excluding hydrogens is 270 g/mol. The van der Waals surface area contributed by atoms with Crippen LogP contribution in [0.4, 0.5) is 0 Å². The number of rotatable bonds is 3. The van der Waals surface area contributed by atoms with E-state index < -0.39 is 0 Å². The van der Waals surface area contributed by atoms with Crippen molar-refractivity contribution in [2.75, 3.05) is 14.2 Å². The van der Waals surface area contributed by atoms with E-state index in [0.717, 1.165) is 5.56 Å². The van der Waals surface area contributed by atoms with Crippen molar-refractivity contribution in [2.45, 2.75) is 12.5 Å². The van der Waals surface area contributed by atoms with Crippen LogP contribution in [-0.2, 0) is 0 Å². The van der Waals surface area contributed by atoms with Gasteiger partial charge in [0.15, 0.2) is 5.78 Å². The Labute approximate surface area is 122 Å². The van der Waals surface area contributed by atoms with Gasteiger partial charge in [0.2, 0.25) is 0 Å². The maximum Gasteiger partial charge on any atom is 0.174 e. The van der Waals surface area contributed by atoms with E-state index in [1.807, 2.05) is 12.1 Å². The fraction of sp³-hybridized carbons (Fsp3) is 0.250. The van der Waals surface area contributed by atoms with Gasteiger partial charge >= 0.3 is 0 Å². The lowest BCUT2D eigenvalue weighted by Crippen LogP contribution is -2.21. The van der Waals surface area contributed by atoms with Gasteiger partial charge in [-0.2, -0.15) is 0 Å². The smallest absolute Gasteiger partial charge is 0.174 e. The van der Waals surface area contributed by atoms with Gasteiger partial charge in [-0.15, -0.1) is 0 Å². The summed E-state index contributed by atoms with van der Waals surface area (Å²) in [5.74, 6) is 1.55. The molecule has 0 fully saturated rings. The highest BCUT2D eigenvalue weighted by Gasteiger charge is 2.31. The molecule has 108 valence electrons. The van der Waals surface area contributed by atoms with Crippen molar-refractivity contribution < 1.29 is 19.0 Å². The van der Waals surface area contributed by atoms with Gasteiger partial charge < -0.3 is 14.2 Å². The van der Waals surface area contributed by atoms with Crippen molar-refractivity contribution in [3.8, 4) is 17.2 Å². The molecule has 1 atom stereocenters. The highest BCUT2D eigenvalue weighted by molar-refractivity contribution is 6.02. The number of nitrogens with zero attached hydrogens (tertiary/aromatic N) is 1. The zero-order valence-corrected chi connectivity index (χ0v) is 11.8. The Morgan fingerprint density at radius 2 is 1.95 bits per heavy atom. The van der Waals surface area contributed by atoms with Crippen molar-refractivity contribution in [1.29, 1.82) is 0 Å². The first kappa shape index (κ1) is 13.4. The number of hydrogen-bond donors (Lipinski definition) is 0. The SMILES string of the molecule is COc1cc(OC)c2c(c1)OC(c1ccncc1)CC2=O. The summed E-state index contributed by atoms with van der Waals surface area (Å²) in [4.78, 5) is 16.4. The summed E-state index contributed by atoms with van der Waals surface area (Å²) in [6.07, 6.45) is 3.33. The topological polar surface area (TPSA) is 57.6 Å². The zero-order chi connectivity index (χ0) is 14.8. The molecule has 1 unspecified atom stereocenters. The van der Waals surface area contributed by atoms with Gasteiger partial charge in [0.1, 0.15) is 28.9 Å². The Kier molecular flexibility index (Phi) is 3.48. The molecule has 0 saturated heterocycles. The molecule has 0 aliphatic carbocycles. The number of pyridine rings is 1. The van der Waals surface area contributed by atoms with E-state index in [9.17, 15) is 4.79 Å². The quantitative estimate of drug-likeness (QED) is 0.868. The molecule has 1 aromatic heterocycles. The van der Waals surface area contributed by atoms with Crippen LogP contribution in [0.1, 0.15) is 28.4 Å². The fourth-order valence-corrected chi connectivity index (χ4v) is 2.44. The average molecular weight is 285 g/mol. The number of ketones is 1. The molecule has 2 aromatic rings. The Morgan fingerprint density at radius 3 is 2.62 bits per heavy atom. The molecule has 0 N–H and O–H groups in total. The van der Waals surface area contributed by atoms with Gasteiger partial charge in [0, 0.05) is 24.5 Å². The van der Waals surface area contributed by atoms with Crippen LogP contribution in [0.5, 0.6) is 17.2 Å². The molecule has 1 aromatic carbocycles. The average Bonchev–Trinajstić information content (AvgIpc) is 2.54. The molecule has 3 rings (SSSR count). The van der Waals surface area contributed by atoms with E-state index in [2.05, 4.69) is 4.98 Å². The summed E-state index contributed by atoms with van der Waals surface area (Å²) in [6, 6.07) is 7.09. The van der Waals surface area contributed by atoms with Crippen molar-refractivity contribution in [1.82, 2.24) is 4.98 Å². The first-order chi connectivity index (χ1) is 10.2. The Balaban J connectivity index is 2.03. The predicted octanol–water partition coefficient (Wildman–Crippen LogP) is 2.81. The van der Waals surface area contributed by atoms with Crippen LogP contribution in [0, 0.1) is 0 Å². The predicted molar refractivity (Wildman–Crippen MR) is 76.1 cm³/mol. The Morgan fingerprint density at radius 1 is 1.19 bits per heavy atom. The van der Waals surface area contributed by atoms with E-state index >= 15 is 0 Å². The van der Waals surface area contributed by atoms with E-state index in [1.54, 1.807) is 31.6 Å². The van der Waals surface area contributed by atoms with Crippen molar-refractivity contribution in [2.24, 2.45) is 0 Å². The molecule has 2 heterocycles. The third-order valence-corrected chi connectivity index (χ3v) is 3.49. The zero-order valence-electron chi connectivity index (χ0n) is 11.8. The van der Waals surface area contributed by atoms with Crippen molar-refractivity contribution in [3.05, 3.63) is 47.8 Å². The molecule has 0 amide bonds. The fourth-order valence-electron chi connectivity index (χ4n) is 2.44. The number of benzene rings is 1. The number of hydrogen-bond acceptors (Lipinski definition) is 5. The Bertz CT molecular complexity index is 669. The van der Waals surface area contributed by atoms with E-state index in [-0.39, 0.29) is 18.3 Å². The number of carbonyl (C=O) groups is 1. The summed E-state index contributed by atoms with van der Waals surface area (Å²) < 4.78 is 16.5. The highest BCUT2D eigenvalue weighted by atomic mass is 16.5. The molecule has 5 heteroatoms. The molecule has 0 saturated carbocycles. The van der Waals surface area contributed by atoms with Crippen LogP contribution < -0.4 is 14.2 Å². The first-order valence-electron chi connectivity index (χ1n) is 6.58. The van der Waals surface area contributed by atoms with Crippen LogP contribution in [0.2, 0.25) is 0 Å². The summed E-state index contributed by atoms with van der Waals surface area (Å²) in [5, 5.41) is 0. The van der Waals surface area contributed by atoms with Crippen LogP contribution in [-0.4, -0.2) is 25.0 Å². The molecule has 0 radical (unpaired) electrons. The molecule has 1 aliphatic heterocycles. The van der Waals surface area contributed by atoms with Gasteiger partial charge in [-0.25, -0.2) is 0 Å². The molecular formula is C16H15NO4. The summed E-state index contributed by atoms with van der Waals surface area (Å²) in [7, 11) is 3.09. The third kappa shape index (κ3) is 2.42. The molecule has 0 spiro atoms. The second-order valence-corrected chi connectivity index (χ2v) is 4.72. The van der Waals surface area contributed by atoms with Gasteiger partial charge in [-0.05, 0) is 17.7 Å². The first-order valence-corrected chi connectivity index (χ1v) is 6.58. The molecule has 21 heavy (non-hydrogen) atoms. The van der Waals surface area contributed by atoms with Crippen LogP contribution in [0.25, 0.3) is 0 Å². The minimum absolute atomic E-state index is 0.00225. The maximum atomic E-state index is 12.4. The second-order valence-electron chi connectivity index (χ2n) is 4.72. The highest BCUT2D eigenvalue weighted by Crippen LogP contribution is 2.42. The second kappa shape index (κ2) is 5.44. The number of ether oxygens (including phenoxy) is 3. The monoisotopic (exact) mass is 285 g/mol. The number of fused-ring (bicyclic) bond motifs is 1. The van der Waals surface area contributed by atoms with Crippen molar-refractivity contribution >= 4 is 5.78 Å². The summed E-state index contributed by atoms with van der Waals surface area (Å²) >= 11 is 0. The summed E-state index contributed by atoms with van der Waals surface area (Å²) in [5.41, 5.74) is 1.40. The molecule has 1 aliphatic rings. The van der Waals surface area contributed by atoms with Crippen LogP contribution >= 0.6 is 0 Å². The lowest BCUT2D eigenvalue weighted by Gasteiger charge is -2.27. The lowest BCUT2D eigenvalue weighted by molar-refractivity contribution is 0.0844. The van der Waals surface area contributed by atoms with Crippen molar-refractivity contribution in [3.63, 3.8) is 0 Å². The Hall–Kier alpha value is -2.56. The minimum Gasteiger partial charge on any atom is -0.496 e. The maximum absolute atomic E-state index is 12.4. The standard InChI is InChI=1S/C16H15NO4/c1-19-11-7-14(20-2)16-12(18)9-13(21-15(16)8-11)10-3-5-17-6-4-10/h3-8,13H,9H2,1-2H3. The van der Waals surface area contributed by atoms with Gasteiger partial charge in [-0.3, -0.25) is 9.78 Å². The van der Waals surface area contributed by atoms with Gasteiger partial charge in [0.05, 0.1) is 20.6 Å². The van der Waals surface area contributed by atoms with Gasteiger partial charge in [0.25, 0.3) is 0 Å². The number of methoxy groups -OCH3 is 2. The molecule has 5 nitrogen and oxygen atoms in total. The summed E-state index contributed by atoms with van der Waals surface area (Å²) in [6.45, 7) is 0. The van der Waals surface area contributed by atoms with E-state index in [0.29, 0.717) is 22.8 Å². The van der Waals surface area contributed by atoms with E-state index in [1.165, 1.54) is 7.11 Å². The largest absolute Gasteiger partial charge is 0.496 e. The van der Waals surface area contributed by atoms with Gasteiger partial charge in [-0.1, -0.05) is 0 Å². The molecule has 0 bridgehead atoms. The number of carbonyl (C=O) groups excluding carboxylic acids is 1. The van der Waals surface area contributed by atoms with Crippen LogP contribution in [0.3, 0.4) is 0 Å². The third-order valence-electron chi connectivity index (χ3n) is 3.49. The lowest BCUT2D eigenvalue weighted by atomic mass is 9.96. The van der Waals surface area contributed by atoms with E-state index in [4.69, 9.17) is 14.2 Å². The number of Topliss-reactive ketones (excluding diaryl/α,β-unsaturated/α-hetero) is 1.